The Kier molecular flexibility index (Phi) is 7.10. The predicted octanol–water partition coefficient (Wildman–Crippen LogP) is 5.33. The van der Waals surface area contributed by atoms with E-state index in [-0.39, 0.29) is 11.5 Å². The fourth-order valence-electron chi connectivity index (χ4n) is 2.06. The molecule has 0 N–H and O–H groups in total. The average molecular weight is 454 g/mol. The van der Waals surface area contributed by atoms with E-state index in [1.807, 2.05) is 12.1 Å². The van der Waals surface area contributed by atoms with Gasteiger partial charge in [0.2, 0.25) is 0 Å². The highest BCUT2D eigenvalue weighted by Gasteiger charge is 2.11. The van der Waals surface area contributed by atoms with Crippen molar-refractivity contribution in [2.45, 2.75) is 6.61 Å². The van der Waals surface area contributed by atoms with Gasteiger partial charge in [0, 0.05) is 14.1 Å². The summed E-state index contributed by atoms with van der Waals surface area (Å²) in [6.07, 6.45) is 1.54. The molecule has 0 heterocycles. The van der Waals surface area contributed by atoms with Crippen molar-refractivity contribution >= 4 is 51.1 Å². The molecule has 0 saturated heterocycles. The van der Waals surface area contributed by atoms with Crippen LogP contribution in [0.1, 0.15) is 11.1 Å². The van der Waals surface area contributed by atoms with Gasteiger partial charge in [-0.25, -0.2) is 0 Å². The number of likely N-dealkylation sites (N-methyl/N-ethyl adjacent to an activating group) is 1. The van der Waals surface area contributed by atoms with Crippen LogP contribution in [0.5, 0.6) is 5.75 Å². The monoisotopic (exact) mass is 452 g/mol. The molecule has 2 rings (SSSR count). The molecule has 0 radical (unpaired) electrons. The Morgan fingerprint density at radius 2 is 1.96 bits per heavy atom. The van der Waals surface area contributed by atoms with Crippen LogP contribution in [0.3, 0.4) is 0 Å². The molecule has 0 unspecified atom stereocenters. The third-order valence-corrected chi connectivity index (χ3v) is 4.76. The standard InChI is InChI=1S/C19H15BrCl2N2O2/c1-24(2)19(25)14(10-23)7-12-4-6-18(15(20)8-12)26-11-13-3-5-16(21)17(22)9-13/h3-9H,11H2,1-2H3/b14-7-. The zero-order chi connectivity index (χ0) is 19.3. The van der Waals surface area contributed by atoms with E-state index < -0.39 is 0 Å². The van der Waals surface area contributed by atoms with Gasteiger partial charge in [-0.15, -0.1) is 0 Å². The summed E-state index contributed by atoms with van der Waals surface area (Å²) in [4.78, 5) is 13.3. The zero-order valence-electron chi connectivity index (χ0n) is 14.1. The van der Waals surface area contributed by atoms with E-state index in [4.69, 9.17) is 33.2 Å². The second-order valence-corrected chi connectivity index (χ2v) is 7.27. The van der Waals surface area contributed by atoms with Crippen LogP contribution in [0.2, 0.25) is 10.0 Å². The number of rotatable bonds is 5. The Morgan fingerprint density at radius 1 is 1.23 bits per heavy atom. The second-order valence-electron chi connectivity index (χ2n) is 5.60. The molecule has 2 aromatic carbocycles. The number of carbonyl (C=O) groups is 1. The number of hydrogen-bond acceptors (Lipinski definition) is 3. The summed E-state index contributed by atoms with van der Waals surface area (Å²) in [5, 5.41) is 10.1. The van der Waals surface area contributed by atoms with Crippen molar-refractivity contribution in [3.63, 3.8) is 0 Å². The van der Waals surface area contributed by atoms with Crippen molar-refractivity contribution in [2.75, 3.05) is 14.1 Å². The lowest BCUT2D eigenvalue weighted by Crippen LogP contribution is -2.22. The van der Waals surface area contributed by atoms with E-state index in [9.17, 15) is 4.79 Å². The first-order chi connectivity index (χ1) is 12.3. The van der Waals surface area contributed by atoms with Crippen LogP contribution in [0.4, 0.5) is 0 Å². The minimum Gasteiger partial charge on any atom is -0.488 e. The van der Waals surface area contributed by atoms with E-state index in [0.717, 1.165) is 5.56 Å². The van der Waals surface area contributed by atoms with Crippen LogP contribution in [-0.2, 0) is 11.4 Å². The van der Waals surface area contributed by atoms with Gasteiger partial charge in [-0.1, -0.05) is 35.3 Å². The highest BCUT2D eigenvalue weighted by Crippen LogP contribution is 2.29. The number of hydrogen-bond donors (Lipinski definition) is 0. The smallest absolute Gasteiger partial charge is 0.264 e. The first kappa shape index (κ1) is 20.3. The van der Waals surface area contributed by atoms with Crippen LogP contribution in [-0.4, -0.2) is 24.9 Å². The van der Waals surface area contributed by atoms with E-state index in [1.165, 1.54) is 11.0 Å². The van der Waals surface area contributed by atoms with E-state index in [0.29, 0.717) is 32.4 Å². The maximum absolute atomic E-state index is 11.9. The molecule has 134 valence electrons. The fraction of sp³-hybridized carbons (Fsp3) is 0.158. The molecule has 26 heavy (non-hydrogen) atoms. The Balaban J connectivity index is 2.15. The molecule has 0 saturated carbocycles. The summed E-state index contributed by atoms with van der Waals surface area (Å²) in [6.45, 7) is 0.327. The lowest BCUT2D eigenvalue weighted by molar-refractivity contribution is -0.124. The Hall–Kier alpha value is -2.00. The van der Waals surface area contributed by atoms with E-state index in [2.05, 4.69) is 15.9 Å². The molecule has 0 aliphatic rings. The summed E-state index contributed by atoms with van der Waals surface area (Å²) in [5.74, 6) is 0.286. The molecule has 4 nitrogen and oxygen atoms in total. The van der Waals surface area contributed by atoms with Crippen molar-refractivity contribution in [3.05, 3.63) is 67.6 Å². The van der Waals surface area contributed by atoms with Crippen molar-refractivity contribution < 1.29 is 9.53 Å². The van der Waals surface area contributed by atoms with Gasteiger partial charge in [-0.3, -0.25) is 4.79 Å². The summed E-state index contributed by atoms with van der Waals surface area (Å²) in [5.41, 5.74) is 1.66. The normalized spacial score (nSPS) is 11.0. The van der Waals surface area contributed by atoms with Gasteiger partial charge < -0.3 is 9.64 Å². The SMILES string of the molecule is CN(C)C(=O)/C(C#N)=C\c1ccc(OCc2ccc(Cl)c(Cl)c2)c(Br)c1. The number of carbonyl (C=O) groups excluding carboxylic acids is 1. The lowest BCUT2D eigenvalue weighted by atomic mass is 10.1. The molecule has 0 atom stereocenters. The van der Waals surface area contributed by atoms with Gasteiger partial charge in [0.1, 0.15) is 24.0 Å². The molecule has 0 aliphatic heterocycles. The summed E-state index contributed by atoms with van der Waals surface area (Å²) >= 11 is 15.3. The topological polar surface area (TPSA) is 53.3 Å². The number of amides is 1. The van der Waals surface area contributed by atoms with Crippen molar-refractivity contribution in [1.82, 2.24) is 4.90 Å². The molecule has 0 spiro atoms. The summed E-state index contributed by atoms with van der Waals surface area (Å²) in [7, 11) is 3.20. The van der Waals surface area contributed by atoms with E-state index in [1.54, 1.807) is 44.4 Å². The summed E-state index contributed by atoms with van der Waals surface area (Å²) < 4.78 is 6.49. The Labute approximate surface area is 170 Å². The molecule has 2 aromatic rings. The maximum atomic E-state index is 11.9. The van der Waals surface area contributed by atoms with Crippen LogP contribution in [0, 0.1) is 11.3 Å². The fourth-order valence-corrected chi connectivity index (χ4v) is 2.90. The maximum Gasteiger partial charge on any atom is 0.264 e. The van der Waals surface area contributed by atoms with Crippen LogP contribution < -0.4 is 4.74 Å². The van der Waals surface area contributed by atoms with Crippen LogP contribution in [0.15, 0.2) is 46.4 Å². The summed E-state index contributed by atoms with van der Waals surface area (Å²) in [6, 6.07) is 12.6. The van der Waals surface area contributed by atoms with Gasteiger partial charge in [-0.05, 0) is 57.4 Å². The molecule has 0 fully saturated rings. The highest BCUT2D eigenvalue weighted by atomic mass is 79.9. The van der Waals surface area contributed by atoms with Gasteiger partial charge >= 0.3 is 0 Å². The Bertz CT molecular complexity index is 905. The predicted molar refractivity (Wildman–Crippen MR) is 107 cm³/mol. The third-order valence-electron chi connectivity index (χ3n) is 3.40. The molecular formula is C19H15BrCl2N2O2. The van der Waals surface area contributed by atoms with Gasteiger partial charge in [-0.2, -0.15) is 5.26 Å². The lowest BCUT2D eigenvalue weighted by Gasteiger charge is -2.11. The first-order valence-corrected chi connectivity index (χ1v) is 9.06. The molecule has 0 aromatic heterocycles. The number of benzene rings is 2. The average Bonchev–Trinajstić information content (AvgIpc) is 2.61. The number of halogens is 3. The molecule has 1 amide bonds. The Morgan fingerprint density at radius 3 is 2.54 bits per heavy atom. The van der Waals surface area contributed by atoms with Crippen molar-refractivity contribution in [1.29, 1.82) is 5.26 Å². The van der Waals surface area contributed by atoms with Crippen LogP contribution >= 0.6 is 39.1 Å². The quantitative estimate of drug-likeness (QED) is 0.454. The van der Waals surface area contributed by atoms with Gasteiger partial charge in [0.15, 0.2) is 0 Å². The minimum atomic E-state index is -0.344. The largest absolute Gasteiger partial charge is 0.488 e. The molecule has 0 bridgehead atoms. The van der Waals surface area contributed by atoms with Gasteiger partial charge in [0.05, 0.1) is 14.5 Å². The second kappa shape index (κ2) is 9.09. The highest BCUT2D eigenvalue weighted by molar-refractivity contribution is 9.10. The first-order valence-electron chi connectivity index (χ1n) is 7.51. The van der Waals surface area contributed by atoms with Crippen LogP contribution in [0.25, 0.3) is 6.08 Å². The van der Waals surface area contributed by atoms with Crippen molar-refractivity contribution in [3.8, 4) is 11.8 Å². The number of nitrogens with zero attached hydrogens (tertiary/aromatic N) is 2. The number of nitriles is 1. The third kappa shape index (κ3) is 5.25. The number of ether oxygens (including phenoxy) is 1. The van der Waals surface area contributed by atoms with Gasteiger partial charge in [0.25, 0.3) is 5.91 Å². The zero-order valence-corrected chi connectivity index (χ0v) is 17.2. The molecular weight excluding hydrogens is 439 g/mol. The van der Waals surface area contributed by atoms with E-state index >= 15 is 0 Å². The molecule has 7 heteroatoms. The van der Waals surface area contributed by atoms with Crippen molar-refractivity contribution in [2.24, 2.45) is 0 Å². The molecule has 0 aliphatic carbocycles. The minimum absolute atomic E-state index is 0.0615.